The van der Waals surface area contributed by atoms with Gasteiger partial charge in [0.2, 0.25) is 5.91 Å². The Labute approximate surface area is 146 Å². The molecule has 2 aromatic rings. The summed E-state index contributed by atoms with van der Waals surface area (Å²) in [5.74, 6) is 0.712. The van der Waals surface area contributed by atoms with E-state index in [0.29, 0.717) is 18.4 Å². The molecule has 0 bridgehead atoms. The summed E-state index contributed by atoms with van der Waals surface area (Å²) in [5, 5.41) is 3.15. The number of hydrogen-bond acceptors (Lipinski definition) is 5. The van der Waals surface area contributed by atoms with Crippen molar-refractivity contribution in [3.05, 3.63) is 46.7 Å². The average molecular weight is 342 g/mol. The van der Waals surface area contributed by atoms with Crippen molar-refractivity contribution in [2.24, 2.45) is 11.3 Å². The number of aromatic nitrogens is 2. The zero-order valence-corrected chi connectivity index (χ0v) is 14.7. The Morgan fingerprint density at radius 1 is 1.38 bits per heavy atom. The molecule has 0 aromatic carbocycles. The molecule has 2 saturated heterocycles. The number of likely N-dealkylation sites (tertiary alicyclic amines) is 2. The van der Waals surface area contributed by atoms with E-state index in [2.05, 4.69) is 21.8 Å². The lowest BCUT2D eigenvalue weighted by Crippen LogP contribution is -2.39. The van der Waals surface area contributed by atoms with Crippen LogP contribution >= 0.6 is 11.3 Å². The number of thiazole rings is 1. The number of pyridine rings is 1. The molecule has 0 aliphatic carbocycles. The highest BCUT2D eigenvalue weighted by molar-refractivity contribution is 7.09. The van der Waals surface area contributed by atoms with Crippen molar-refractivity contribution in [2.45, 2.75) is 26.4 Å². The van der Waals surface area contributed by atoms with Gasteiger partial charge in [-0.2, -0.15) is 0 Å². The number of hydrogen-bond donors (Lipinski definition) is 0. The molecule has 2 aliphatic heterocycles. The van der Waals surface area contributed by atoms with Gasteiger partial charge in [0.25, 0.3) is 0 Å². The normalized spacial score (nSPS) is 27.5. The minimum Gasteiger partial charge on any atom is -0.338 e. The number of carbonyl (C=O) groups is 1. The first-order chi connectivity index (χ1) is 11.7. The second-order valence-electron chi connectivity index (χ2n) is 6.99. The van der Waals surface area contributed by atoms with Gasteiger partial charge in [-0.3, -0.25) is 14.7 Å². The Balaban J connectivity index is 1.46. The molecule has 2 atom stereocenters. The molecular formula is C18H22N4OS. The van der Waals surface area contributed by atoms with Gasteiger partial charge >= 0.3 is 0 Å². The van der Waals surface area contributed by atoms with E-state index in [0.717, 1.165) is 43.2 Å². The zero-order chi connectivity index (χ0) is 16.6. The number of nitrogens with zero attached hydrogens (tertiary/aromatic N) is 4. The second kappa shape index (κ2) is 6.26. The third kappa shape index (κ3) is 2.74. The summed E-state index contributed by atoms with van der Waals surface area (Å²) >= 11 is 1.69. The average Bonchev–Trinajstić information content (AvgIpc) is 3.27. The molecule has 1 amide bonds. The number of amides is 1. The van der Waals surface area contributed by atoms with E-state index in [1.165, 1.54) is 0 Å². The van der Waals surface area contributed by atoms with Crippen LogP contribution in [0.4, 0.5) is 0 Å². The molecule has 4 heterocycles. The van der Waals surface area contributed by atoms with Crippen LogP contribution in [-0.2, 0) is 17.9 Å². The lowest BCUT2D eigenvalue weighted by molar-refractivity contribution is -0.137. The molecule has 2 aliphatic rings. The van der Waals surface area contributed by atoms with Crippen molar-refractivity contribution < 1.29 is 4.79 Å². The van der Waals surface area contributed by atoms with Gasteiger partial charge in [-0.05, 0) is 24.0 Å². The van der Waals surface area contributed by atoms with Gasteiger partial charge in [-0.1, -0.05) is 13.0 Å². The molecule has 0 unspecified atom stereocenters. The molecule has 24 heavy (non-hydrogen) atoms. The van der Waals surface area contributed by atoms with Crippen LogP contribution in [0.3, 0.4) is 0 Å². The first-order valence-corrected chi connectivity index (χ1v) is 9.34. The third-order valence-corrected chi connectivity index (χ3v) is 6.23. The molecule has 6 heteroatoms. The maximum absolute atomic E-state index is 13.2. The first-order valence-electron chi connectivity index (χ1n) is 8.46. The fourth-order valence-electron chi connectivity index (χ4n) is 4.15. The zero-order valence-electron chi connectivity index (χ0n) is 13.9. The topological polar surface area (TPSA) is 49.3 Å². The third-order valence-electron chi connectivity index (χ3n) is 5.46. The fourth-order valence-corrected chi connectivity index (χ4v) is 4.81. The van der Waals surface area contributed by atoms with Gasteiger partial charge < -0.3 is 4.90 Å². The van der Waals surface area contributed by atoms with Crippen molar-refractivity contribution in [3.8, 4) is 0 Å². The summed E-state index contributed by atoms with van der Waals surface area (Å²) in [4.78, 5) is 26.1. The smallest absolute Gasteiger partial charge is 0.230 e. The minimum atomic E-state index is -0.209. The van der Waals surface area contributed by atoms with Crippen molar-refractivity contribution in [3.63, 3.8) is 0 Å². The highest BCUT2D eigenvalue weighted by Gasteiger charge is 2.54. The Kier molecular flexibility index (Phi) is 4.10. The highest BCUT2D eigenvalue weighted by atomic mass is 32.1. The molecule has 1 spiro atoms. The molecule has 0 radical (unpaired) electrons. The van der Waals surface area contributed by atoms with E-state index < -0.39 is 0 Å². The molecule has 0 N–H and O–H groups in total. The Bertz CT molecular complexity index is 705. The Morgan fingerprint density at radius 2 is 2.29 bits per heavy atom. The van der Waals surface area contributed by atoms with Gasteiger partial charge in [0.15, 0.2) is 0 Å². The lowest BCUT2D eigenvalue weighted by atomic mass is 9.78. The van der Waals surface area contributed by atoms with Crippen LogP contribution in [0.2, 0.25) is 0 Å². The Hall–Kier alpha value is -1.79. The van der Waals surface area contributed by atoms with E-state index in [4.69, 9.17) is 0 Å². The van der Waals surface area contributed by atoms with Crippen LogP contribution in [0.15, 0.2) is 36.1 Å². The predicted molar refractivity (Wildman–Crippen MR) is 93.3 cm³/mol. The van der Waals surface area contributed by atoms with Gasteiger partial charge in [0.05, 0.1) is 12.0 Å². The summed E-state index contributed by atoms with van der Waals surface area (Å²) in [6, 6.07) is 3.97. The summed E-state index contributed by atoms with van der Waals surface area (Å²) in [7, 11) is 0. The maximum Gasteiger partial charge on any atom is 0.230 e. The van der Waals surface area contributed by atoms with Crippen LogP contribution in [0.25, 0.3) is 0 Å². The van der Waals surface area contributed by atoms with E-state index >= 15 is 0 Å². The summed E-state index contributed by atoms with van der Waals surface area (Å²) in [6.07, 6.45) is 6.44. The minimum absolute atomic E-state index is 0.209. The molecular weight excluding hydrogens is 320 g/mol. The molecule has 2 fully saturated rings. The molecule has 0 saturated carbocycles. The monoisotopic (exact) mass is 342 g/mol. The van der Waals surface area contributed by atoms with Crippen LogP contribution in [-0.4, -0.2) is 45.3 Å². The molecule has 2 aromatic heterocycles. The number of rotatable bonds is 4. The Morgan fingerprint density at radius 3 is 3.04 bits per heavy atom. The van der Waals surface area contributed by atoms with Crippen LogP contribution < -0.4 is 0 Å². The standard InChI is InChI=1S/C18H22N4OS/c1-14-10-21(12-16-20-6-8-24-16)13-18(14)4-7-22(17(18)23)11-15-3-2-5-19-9-15/h2-3,5-6,8-9,14H,4,7,10-13H2,1H3/t14-,18-/m1/s1. The van der Waals surface area contributed by atoms with Crippen molar-refractivity contribution in [2.75, 3.05) is 19.6 Å². The van der Waals surface area contributed by atoms with Gasteiger partial charge in [0, 0.05) is 50.1 Å². The maximum atomic E-state index is 13.2. The SMILES string of the molecule is C[C@@H]1CN(Cc2nccs2)C[C@]12CCN(Cc1cccnc1)C2=O. The first kappa shape index (κ1) is 15.7. The van der Waals surface area contributed by atoms with Crippen molar-refractivity contribution in [1.29, 1.82) is 0 Å². The fraction of sp³-hybridized carbons (Fsp3) is 0.500. The van der Waals surface area contributed by atoms with Crippen molar-refractivity contribution in [1.82, 2.24) is 19.8 Å². The van der Waals surface area contributed by atoms with E-state index in [1.54, 1.807) is 17.5 Å². The predicted octanol–water partition coefficient (Wildman–Crippen LogP) is 2.41. The van der Waals surface area contributed by atoms with Gasteiger partial charge in [0.1, 0.15) is 5.01 Å². The molecule has 4 rings (SSSR count). The second-order valence-corrected chi connectivity index (χ2v) is 7.97. The summed E-state index contributed by atoms with van der Waals surface area (Å²) in [5.41, 5.74) is 0.896. The summed E-state index contributed by atoms with van der Waals surface area (Å²) in [6.45, 7) is 6.45. The quantitative estimate of drug-likeness (QED) is 0.856. The van der Waals surface area contributed by atoms with E-state index in [9.17, 15) is 4.79 Å². The summed E-state index contributed by atoms with van der Waals surface area (Å²) < 4.78 is 0. The number of carbonyl (C=O) groups excluding carboxylic acids is 1. The van der Waals surface area contributed by atoms with Crippen LogP contribution in [0.5, 0.6) is 0 Å². The van der Waals surface area contributed by atoms with Crippen LogP contribution in [0.1, 0.15) is 23.9 Å². The van der Waals surface area contributed by atoms with E-state index in [-0.39, 0.29) is 5.41 Å². The van der Waals surface area contributed by atoms with Crippen LogP contribution in [0, 0.1) is 11.3 Å². The van der Waals surface area contributed by atoms with Crippen molar-refractivity contribution >= 4 is 17.2 Å². The molecule has 126 valence electrons. The molecule has 5 nitrogen and oxygen atoms in total. The lowest BCUT2D eigenvalue weighted by Gasteiger charge is -2.26. The van der Waals surface area contributed by atoms with Gasteiger partial charge in [-0.25, -0.2) is 4.98 Å². The highest BCUT2D eigenvalue weighted by Crippen LogP contribution is 2.45. The van der Waals surface area contributed by atoms with E-state index in [1.807, 2.05) is 34.8 Å². The van der Waals surface area contributed by atoms with Gasteiger partial charge in [-0.15, -0.1) is 11.3 Å². The largest absolute Gasteiger partial charge is 0.338 e.